The molecule has 1 nitrogen and oxygen atoms in total. The molecule has 4 atom stereocenters. The van der Waals surface area contributed by atoms with E-state index in [-0.39, 0.29) is 0 Å². The number of carbonyl (C=O) groups excluding carboxylic acids is 1. The average molecular weight is 178 g/mol. The minimum absolute atomic E-state index is 0.480. The van der Waals surface area contributed by atoms with Crippen molar-refractivity contribution in [3.05, 3.63) is 0 Å². The van der Waals surface area contributed by atoms with Gasteiger partial charge in [-0.05, 0) is 42.9 Å². The fraction of sp³-hybridized carbons (Fsp3) is 0.917. The van der Waals surface area contributed by atoms with Crippen LogP contribution in [-0.2, 0) is 4.79 Å². The van der Waals surface area contributed by atoms with Gasteiger partial charge in [-0.3, -0.25) is 4.79 Å². The third-order valence-corrected chi connectivity index (χ3v) is 5.09. The molecule has 3 saturated carbocycles. The third-order valence-electron chi connectivity index (χ3n) is 5.09. The molecule has 0 heterocycles. The van der Waals surface area contributed by atoms with Gasteiger partial charge in [0.1, 0.15) is 5.78 Å². The molecule has 0 aromatic carbocycles. The van der Waals surface area contributed by atoms with E-state index in [1.165, 1.54) is 32.1 Å². The minimum Gasteiger partial charge on any atom is -0.299 e. The van der Waals surface area contributed by atoms with Crippen LogP contribution in [-0.4, -0.2) is 5.78 Å². The highest BCUT2D eigenvalue weighted by atomic mass is 16.1. The zero-order valence-corrected chi connectivity index (χ0v) is 8.38. The summed E-state index contributed by atoms with van der Waals surface area (Å²) in [5, 5.41) is 0. The molecule has 0 aromatic rings. The highest BCUT2D eigenvalue weighted by Crippen LogP contribution is 2.68. The van der Waals surface area contributed by atoms with Crippen molar-refractivity contribution in [1.82, 2.24) is 0 Å². The second-order valence-electron chi connectivity index (χ2n) is 5.39. The summed E-state index contributed by atoms with van der Waals surface area (Å²) in [6, 6.07) is 0. The SMILES string of the molecule is C[C@@H]1[C@H]2CCC[C@]23CCCC(=O)[C@H]13. The van der Waals surface area contributed by atoms with Gasteiger partial charge in [0.05, 0.1) is 0 Å². The molecule has 3 aliphatic rings. The molecule has 0 saturated heterocycles. The Bertz CT molecular complexity index is 258. The maximum Gasteiger partial charge on any atom is 0.136 e. The van der Waals surface area contributed by atoms with Gasteiger partial charge >= 0.3 is 0 Å². The first-order valence-corrected chi connectivity index (χ1v) is 5.78. The Kier molecular flexibility index (Phi) is 1.46. The largest absolute Gasteiger partial charge is 0.299 e. The van der Waals surface area contributed by atoms with Gasteiger partial charge in [0.25, 0.3) is 0 Å². The molecule has 72 valence electrons. The summed E-state index contributed by atoms with van der Waals surface area (Å²) in [5.41, 5.74) is 0.523. The normalized spacial score (nSPS) is 53.9. The van der Waals surface area contributed by atoms with Crippen LogP contribution in [0.2, 0.25) is 0 Å². The minimum atomic E-state index is 0.480. The van der Waals surface area contributed by atoms with Crippen molar-refractivity contribution in [3.8, 4) is 0 Å². The number of hydrogen-bond donors (Lipinski definition) is 0. The fourth-order valence-electron chi connectivity index (χ4n) is 4.76. The summed E-state index contributed by atoms with van der Waals surface area (Å²) in [4.78, 5) is 11.8. The van der Waals surface area contributed by atoms with Gasteiger partial charge in [0.2, 0.25) is 0 Å². The van der Waals surface area contributed by atoms with Crippen molar-refractivity contribution in [2.24, 2.45) is 23.2 Å². The zero-order valence-electron chi connectivity index (χ0n) is 8.38. The van der Waals surface area contributed by atoms with E-state index in [1.807, 2.05) is 0 Å². The van der Waals surface area contributed by atoms with Gasteiger partial charge in [-0.1, -0.05) is 13.3 Å². The Morgan fingerprint density at radius 2 is 2.08 bits per heavy atom. The number of rotatable bonds is 0. The molecule has 0 amide bonds. The van der Waals surface area contributed by atoms with Crippen molar-refractivity contribution in [3.63, 3.8) is 0 Å². The molecule has 13 heavy (non-hydrogen) atoms. The first-order chi connectivity index (χ1) is 6.26. The second kappa shape index (κ2) is 2.37. The molecule has 0 aromatic heterocycles. The lowest BCUT2D eigenvalue weighted by molar-refractivity contribution is -0.160. The van der Waals surface area contributed by atoms with Crippen LogP contribution < -0.4 is 0 Å². The van der Waals surface area contributed by atoms with Crippen LogP contribution in [0.15, 0.2) is 0 Å². The predicted molar refractivity (Wildman–Crippen MR) is 51.3 cm³/mol. The molecule has 3 aliphatic carbocycles. The Labute approximate surface area is 79.9 Å². The summed E-state index contributed by atoms with van der Waals surface area (Å²) < 4.78 is 0. The summed E-state index contributed by atoms with van der Waals surface area (Å²) in [5.74, 6) is 2.71. The van der Waals surface area contributed by atoms with E-state index < -0.39 is 0 Å². The first-order valence-electron chi connectivity index (χ1n) is 5.78. The van der Waals surface area contributed by atoms with Crippen LogP contribution in [0.4, 0.5) is 0 Å². The Morgan fingerprint density at radius 1 is 1.31 bits per heavy atom. The average Bonchev–Trinajstić information content (AvgIpc) is 2.43. The van der Waals surface area contributed by atoms with Gasteiger partial charge in [-0.25, -0.2) is 0 Å². The van der Waals surface area contributed by atoms with Crippen LogP contribution >= 0.6 is 0 Å². The first kappa shape index (κ1) is 8.02. The number of carbonyl (C=O) groups is 1. The van der Waals surface area contributed by atoms with Gasteiger partial charge in [-0.2, -0.15) is 0 Å². The second-order valence-corrected chi connectivity index (χ2v) is 5.39. The lowest BCUT2D eigenvalue weighted by Gasteiger charge is -2.59. The smallest absolute Gasteiger partial charge is 0.136 e. The van der Waals surface area contributed by atoms with Crippen LogP contribution in [0.5, 0.6) is 0 Å². The van der Waals surface area contributed by atoms with E-state index in [1.54, 1.807) is 0 Å². The maximum atomic E-state index is 11.8. The fourth-order valence-corrected chi connectivity index (χ4v) is 4.76. The summed E-state index contributed by atoms with van der Waals surface area (Å²) in [6.45, 7) is 2.31. The van der Waals surface area contributed by atoms with Crippen LogP contribution in [0.3, 0.4) is 0 Å². The van der Waals surface area contributed by atoms with Crippen molar-refractivity contribution in [2.75, 3.05) is 0 Å². The molecule has 1 spiro atoms. The molecule has 3 rings (SSSR count). The topological polar surface area (TPSA) is 17.1 Å². The molecule has 0 unspecified atom stereocenters. The molecule has 3 fully saturated rings. The molecular weight excluding hydrogens is 160 g/mol. The number of Topliss-reactive ketones (excluding diaryl/α,β-unsaturated/α-hetero) is 1. The van der Waals surface area contributed by atoms with Crippen molar-refractivity contribution in [1.29, 1.82) is 0 Å². The monoisotopic (exact) mass is 178 g/mol. The van der Waals surface area contributed by atoms with E-state index in [9.17, 15) is 4.79 Å². The highest BCUT2D eigenvalue weighted by Gasteiger charge is 2.64. The standard InChI is InChI=1S/C12H18O/c1-8-9-4-2-6-12(9)7-3-5-10(13)11(8)12/h8-9,11H,2-7H2,1H3/t8-,9-,11+,12+/m1/s1. The van der Waals surface area contributed by atoms with Crippen LogP contribution in [0.25, 0.3) is 0 Å². The Morgan fingerprint density at radius 3 is 2.92 bits per heavy atom. The van der Waals surface area contributed by atoms with E-state index >= 15 is 0 Å². The van der Waals surface area contributed by atoms with E-state index in [2.05, 4.69) is 6.92 Å². The molecule has 0 aliphatic heterocycles. The van der Waals surface area contributed by atoms with Crippen LogP contribution in [0.1, 0.15) is 45.4 Å². The van der Waals surface area contributed by atoms with Gasteiger partial charge < -0.3 is 0 Å². The van der Waals surface area contributed by atoms with Crippen molar-refractivity contribution < 1.29 is 4.79 Å². The van der Waals surface area contributed by atoms with E-state index in [4.69, 9.17) is 0 Å². The zero-order chi connectivity index (χ0) is 9.05. The summed E-state index contributed by atoms with van der Waals surface area (Å²) in [6.07, 6.45) is 7.57. The maximum absolute atomic E-state index is 11.8. The molecular formula is C12H18O. The lowest BCUT2D eigenvalue weighted by atomic mass is 9.44. The molecule has 0 N–H and O–H groups in total. The van der Waals surface area contributed by atoms with E-state index in [0.29, 0.717) is 17.1 Å². The quantitative estimate of drug-likeness (QED) is 0.557. The third kappa shape index (κ3) is 0.769. The lowest BCUT2D eigenvalue weighted by Crippen LogP contribution is -2.58. The van der Waals surface area contributed by atoms with Crippen molar-refractivity contribution in [2.45, 2.75) is 45.4 Å². The molecule has 0 bridgehead atoms. The van der Waals surface area contributed by atoms with E-state index in [0.717, 1.165) is 18.3 Å². The summed E-state index contributed by atoms with van der Waals surface area (Å²) >= 11 is 0. The van der Waals surface area contributed by atoms with Crippen LogP contribution in [0, 0.1) is 23.2 Å². The highest BCUT2D eigenvalue weighted by molar-refractivity contribution is 5.84. The van der Waals surface area contributed by atoms with Crippen molar-refractivity contribution >= 4 is 5.78 Å². The van der Waals surface area contributed by atoms with Gasteiger partial charge in [-0.15, -0.1) is 0 Å². The Balaban J connectivity index is 1.96. The summed E-state index contributed by atoms with van der Waals surface area (Å²) in [7, 11) is 0. The number of hydrogen-bond acceptors (Lipinski definition) is 1. The molecule has 1 heteroatoms. The number of ketones is 1. The Hall–Kier alpha value is -0.330. The predicted octanol–water partition coefficient (Wildman–Crippen LogP) is 2.79. The molecule has 0 radical (unpaired) electrons. The van der Waals surface area contributed by atoms with Gasteiger partial charge in [0, 0.05) is 12.3 Å². The van der Waals surface area contributed by atoms with Gasteiger partial charge in [0.15, 0.2) is 0 Å².